The predicted molar refractivity (Wildman–Crippen MR) is 111 cm³/mol. The van der Waals surface area contributed by atoms with Crippen LogP contribution in [0.3, 0.4) is 0 Å². The number of thiophene rings is 1. The number of fused-ring (bicyclic) bond motifs is 1. The van der Waals surface area contributed by atoms with Crippen LogP contribution in [-0.2, 0) is 16.0 Å². The summed E-state index contributed by atoms with van der Waals surface area (Å²) >= 11 is 1.38. The highest BCUT2D eigenvalue weighted by Crippen LogP contribution is 2.25. The minimum absolute atomic E-state index is 0.145. The number of phenolic OH excluding ortho intramolecular Hbond substituents is 1. The van der Waals surface area contributed by atoms with Crippen LogP contribution in [0.2, 0.25) is 0 Å². The van der Waals surface area contributed by atoms with Gasteiger partial charge in [-0.05, 0) is 56.0 Å². The Hall–Kier alpha value is -2.86. The molecular formula is C22H23NO4S. The number of amides is 1. The molecule has 3 rings (SSSR count). The summed E-state index contributed by atoms with van der Waals surface area (Å²) in [6.45, 7) is 5.36. The maximum Gasteiger partial charge on any atom is 0.329 e. The summed E-state index contributed by atoms with van der Waals surface area (Å²) in [7, 11) is 0. The van der Waals surface area contributed by atoms with Crippen LogP contribution in [0.4, 0.5) is 0 Å². The maximum absolute atomic E-state index is 12.8. The van der Waals surface area contributed by atoms with Crippen LogP contribution >= 0.6 is 11.3 Å². The van der Waals surface area contributed by atoms with Crippen molar-refractivity contribution in [2.45, 2.75) is 38.8 Å². The molecule has 3 aromatic rings. The van der Waals surface area contributed by atoms with Crippen molar-refractivity contribution in [1.29, 1.82) is 0 Å². The number of hydrogen-bond acceptors (Lipinski definition) is 5. The summed E-state index contributed by atoms with van der Waals surface area (Å²) in [6.07, 6.45) is 0.270. The number of phenols is 1. The zero-order valence-corrected chi connectivity index (χ0v) is 16.9. The number of rotatable bonds is 5. The van der Waals surface area contributed by atoms with E-state index in [4.69, 9.17) is 4.74 Å². The molecule has 1 heterocycles. The standard InChI is InChI=1S/C22H23NO4S/c1-22(2,3)27-21(26)17(12-14-8-10-16(24)11-9-14)23-20(25)19-13-15-6-4-5-7-18(15)28-19/h4-11,13,17,24H,12H2,1-3H3,(H,23,25). The molecule has 1 amide bonds. The fourth-order valence-corrected chi connectivity index (χ4v) is 3.72. The molecular weight excluding hydrogens is 374 g/mol. The van der Waals surface area contributed by atoms with Crippen molar-refractivity contribution in [1.82, 2.24) is 5.32 Å². The quantitative estimate of drug-likeness (QED) is 0.630. The van der Waals surface area contributed by atoms with Crippen molar-refractivity contribution in [3.63, 3.8) is 0 Å². The third-order valence-corrected chi connectivity index (χ3v) is 5.14. The molecule has 0 radical (unpaired) electrons. The molecule has 0 saturated carbocycles. The van der Waals surface area contributed by atoms with Gasteiger partial charge >= 0.3 is 5.97 Å². The number of benzene rings is 2. The van der Waals surface area contributed by atoms with Gasteiger partial charge in [0.1, 0.15) is 17.4 Å². The first-order valence-electron chi connectivity index (χ1n) is 9.01. The van der Waals surface area contributed by atoms with Crippen LogP contribution in [0.5, 0.6) is 5.75 Å². The Bertz CT molecular complexity index is 953. The number of esters is 1. The second-order valence-electron chi connectivity index (χ2n) is 7.58. The average Bonchev–Trinajstić information content (AvgIpc) is 3.06. The van der Waals surface area contributed by atoms with Gasteiger partial charge in [0.15, 0.2) is 0 Å². The number of hydrogen-bond donors (Lipinski definition) is 2. The van der Waals surface area contributed by atoms with E-state index < -0.39 is 17.6 Å². The van der Waals surface area contributed by atoms with Crippen molar-refractivity contribution in [3.05, 3.63) is 65.0 Å². The van der Waals surface area contributed by atoms with E-state index in [2.05, 4.69) is 5.32 Å². The number of nitrogens with one attached hydrogen (secondary N) is 1. The molecule has 0 aliphatic heterocycles. The zero-order valence-electron chi connectivity index (χ0n) is 16.1. The smallest absolute Gasteiger partial charge is 0.329 e. The van der Waals surface area contributed by atoms with Crippen molar-refractivity contribution in [3.8, 4) is 5.75 Å². The summed E-state index contributed by atoms with van der Waals surface area (Å²) in [6, 6.07) is 15.3. The lowest BCUT2D eigenvalue weighted by Gasteiger charge is -2.24. The molecule has 5 nitrogen and oxygen atoms in total. The van der Waals surface area contributed by atoms with Crippen molar-refractivity contribution < 1.29 is 19.4 Å². The van der Waals surface area contributed by atoms with Gasteiger partial charge in [0.2, 0.25) is 0 Å². The summed E-state index contributed by atoms with van der Waals surface area (Å²) < 4.78 is 6.51. The Labute approximate surface area is 168 Å². The molecule has 0 saturated heterocycles. The van der Waals surface area contributed by atoms with E-state index in [1.165, 1.54) is 11.3 Å². The molecule has 0 spiro atoms. The van der Waals surface area contributed by atoms with Crippen LogP contribution in [0.25, 0.3) is 10.1 Å². The molecule has 1 atom stereocenters. The van der Waals surface area contributed by atoms with Gasteiger partial charge in [0.05, 0.1) is 4.88 Å². The summed E-state index contributed by atoms with van der Waals surface area (Å²) in [4.78, 5) is 26.0. The Kier molecular flexibility index (Phi) is 5.70. The zero-order chi connectivity index (χ0) is 20.3. The highest BCUT2D eigenvalue weighted by molar-refractivity contribution is 7.20. The Morgan fingerprint density at radius 1 is 1.11 bits per heavy atom. The van der Waals surface area contributed by atoms with Crippen molar-refractivity contribution >= 4 is 33.3 Å². The fourth-order valence-electron chi connectivity index (χ4n) is 2.76. The van der Waals surface area contributed by atoms with E-state index in [-0.39, 0.29) is 18.1 Å². The molecule has 0 fully saturated rings. The van der Waals surface area contributed by atoms with Crippen LogP contribution in [0, 0.1) is 0 Å². The lowest BCUT2D eigenvalue weighted by atomic mass is 10.0. The second kappa shape index (κ2) is 8.02. The van der Waals surface area contributed by atoms with Crippen LogP contribution in [-0.4, -0.2) is 28.6 Å². The molecule has 1 aromatic heterocycles. The first-order chi connectivity index (χ1) is 13.2. The lowest BCUT2D eigenvalue weighted by Crippen LogP contribution is -2.45. The molecule has 0 aliphatic rings. The minimum Gasteiger partial charge on any atom is -0.508 e. The van der Waals surface area contributed by atoms with E-state index in [0.29, 0.717) is 4.88 Å². The van der Waals surface area contributed by atoms with E-state index >= 15 is 0 Å². The van der Waals surface area contributed by atoms with Crippen molar-refractivity contribution in [2.24, 2.45) is 0 Å². The fraction of sp³-hybridized carbons (Fsp3) is 0.273. The molecule has 1 unspecified atom stereocenters. The Balaban J connectivity index is 1.81. The van der Waals surface area contributed by atoms with Gasteiger partial charge in [0, 0.05) is 11.1 Å². The van der Waals surface area contributed by atoms with Gasteiger partial charge in [-0.1, -0.05) is 30.3 Å². The van der Waals surface area contributed by atoms with Gasteiger partial charge in [0.25, 0.3) is 5.91 Å². The van der Waals surface area contributed by atoms with Gasteiger partial charge in [-0.2, -0.15) is 0 Å². The molecule has 0 aliphatic carbocycles. The van der Waals surface area contributed by atoms with E-state index in [0.717, 1.165) is 15.6 Å². The van der Waals surface area contributed by atoms with Crippen LogP contribution < -0.4 is 5.32 Å². The van der Waals surface area contributed by atoms with Gasteiger partial charge < -0.3 is 15.2 Å². The monoisotopic (exact) mass is 397 g/mol. The lowest BCUT2D eigenvalue weighted by molar-refractivity contribution is -0.157. The third-order valence-electron chi connectivity index (χ3n) is 4.02. The predicted octanol–water partition coefficient (Wildman–Crippen LogP) is 4.29. The SMILES string of the molecule is CC(C)(C)OC(=O)C(Cc1ccc(O)cc1)NC(=O)c1cc2ccccc2s1. The number of ether oxygens (including phenoxy) is 1. The highest BCUT2D eigenvalue weighted by Gasteiger charge is 2.27. The van der Waals surface area contributed by atoms with Crippen molar-refractivity contribution in [2.75, 3.05) is 0 Å². The molecule has 2 N–H and O–H groups in total. The summed E-state index contributed by atoms with van der Waals surface area (Å²) in [5.74, 6) is -0.655. The normalized spacial score (nSPS) is 12.5. The largest absolute Gasteiger partial charge is 0.508 e. The van der Waals surface area contributed by atoms with Gasteiger partial charge in [-0.15, -0.1) is 11.3 Å². The molecule has 2 aromatic carbocycles. The molecule has 28 heavy (non-hydrogen) atoms. The second-order valence-corrected chi connectivity index (χ2v) is 8.66. The highest BCUT2D eigenvalue weighted by atomic mass is 32.1. The van der Waals surface area contributed by atoms with Crippen LogP contribution in [0.15, 0.2) is 54.6 Å². The first-order valence-corrected chi connectivity index (χ1v) is 9.83. The van der Waals surface area contributed by atoms with E-state index in [1.807, 2.05) is 30.3 Å². The first kappa shape index (κ1) is 19.9. The minimum atomic E-state index is -0.832. The topological polar surface area (TPSA) is 75.6 Å². The van der Waals surface area contributed by atoms with E-state index in [9.17, 15) is 14.7 Å². The van der Waals surface area contributed by atoms with Gasteiger partial charge in [-0.3, -0.25) is 4.79 Å². The maximum atomic E-state index is 12.8. The third kappa shape index (κ3) is 5.10. The number of carbonyl (C=O) groups is 2. The Morgan fingerprint density at radius 2 is 1.79 bits per heavy atom. The molecule has 0 bridgehead atoms. The van der Waals surface area contributed by atoms with Crippen LogP contribution in [0.1, 0.15) is 36.0 Å². The molecule has 6 heteroatoms. The van der Waals surface area contributed by atoms with E-state index in [1.54, 1.807) is 45.0 Å². The summed E-state index contributed by atoms with van der Waals surface area (Å²) in [5.41, 5.74) is 0.150. The number of aromatic hydroxyl groups is 1. The number of carbonyl (C=O) groups excluding carboxylic acids is 2. The average molecular weight is 397 g/mol. The molecule has 146 valence electrons. The Morgan fingerprint density at radius 3 is 2.43 bits per heavy atom. The summed E-state index contributed by atoms with van der Waals surface area (Å²) in [5, 5.41) is 13.3. The van der Waals surface area contributed by atoms with Gasteiger partial charge in [-0.25, -0.2) is 4.79 Å².